The first kappa shape index (κ1) is 12.7. The Bertz CT molecular complexity index is 389. The van der Waals surface area contributed by atoms with E-state index in [2.05, 4.69) is 4.99 Å². The molecule has 0 amide bonds. The van der Waals surface area contributed by atoms with Crippen molar-refractivity contribution in [3.63, 3.8) is 0 Å². The van der Waals surface area contributed by atoms with Crippen LogP contribution in [-0.4, -0.2) is 22.4 Å². The highest BCUT2D eigenvalue weighted by molar-refractivity contribution is 5.83. The standard InChI is InChI=1S/C13H20N2O/c1-12(2,14)13(3,4)15-9-10-7-5-6-8-11(10)16/h5-9,16H,14H2,1-4H3. The number of aliphatic imine (C=N–C) groups is 1. The van der Waals surface area contributed by atoms with Gasteiger partial charge in [0.1, 0.15) is 5.75 Å². The number of hydrogen-bond acceptors (Lipinski definition) is 3. The molecular formula is C13H20N2O. The van der Waals surface area contributed by atoms with E-state index in [1.807, 2.05) is 39.8 Å². The fraction of sp³-hybridized carbons (Fsp3) is 0.462. The van der Waals surface area contributed by atoms with Crippen LogP contribution >= 0.6 is 0 Å². The normalized spacial score (nSPS) is 13.3. The first-order valence-electron chi connectivity index (χ1n) is 5.36. The Labute approximate surface area is 97.0 Å². The Morgan fingerprint density at radius 1 is 1.19 bits per heavy atom. The van der Waals surface area contributed by atoms with Crippen LogP contribution in [-0.2, 0) is 0 Å². The molecule has 0 aliphatic heterocycles. The molecule has 3 nitrogen and oxygen atoms in total. The lowest BCUT2D eigenvalue weighted by molar-refractivity contribution is 0.313. The van der Waals surface area contributed by atoms with Gasteiger partial charge >= 0.3 is 0 Å². The monoisotopic (exact) mass is 220 g/mol. The van der Waals surface area contributed by atoms with E-state index in [0.29, 0.717) is 5.56 Å². The van der Waals surface area contributed by atoms with Crippen molar-refractivity contribution >= 4 is 6.21 Å². The number of benzene rings is 1. The number of rotatable bonds is 3. The van der Waals surface area contributed by atoms with Gasteiger partial charge in [-0.2, -0.15) is 0 Å². The van der Waals surface area contributed by atoms with Crippen LogP contribution in [0.2, 0.25) is 0 Å². The zero-order valence-electron chi connectivity index (χ0n) is 10.4. The van der Waals surface area contributed by atoms with Crippen molar-refractivity contribution < 1.29 is 5.11 Å². The predicted molar refractivity (Wildman–Crippen MR) is 68.0 cm³/mol. The zero-order valence-corrected chi connectivity index (χ0v) is 10.4. The number of nitrogens with zero attached hydrogens (tertiary/aromatic N) is 1. The van der Waals surface area contributed by atoms with Gasteiger partial charge in [-0.05, 0) is 39.8 Å². The van der Waals surface area contributed by atoms with Crippen LogP contribution in [0.3, 0.4) is 0 Å². The van der Waals surface area contributed by atoms with Crippen LogP contribution in [0.25, 0.3) is 0 Å². The maximum Gasteiger partial charge on any atom is 0.124 e. The Morgan fingerprint density at radius 3 is 2.25 bits per heavy atom. The molecule has 0 saturated carbocycles. The Kier molecular flexibility index (Phi) is 3.38. The van der Waals surface area contributed by atoms with Gasteiger partial charge in [0.2, 0.25) is 0 Å². The molecule has 1 aromatic rings. The summed E-state index contributed by atoms with van der Waals surface area (Å²) in [6, 6.07) is 7.10. The summed E-state index contributed by atoms with van der Waals surface area (Å²) in [5, 5.41) is 9.59. The molecule has 0 aliphatic carbocycles. The molecule has 1 aromatic carbocycles. The fourth-order valence-electron chi connectivity index (χ4n) is 0.994. The average molecular weight is 220 g/mol. The van der Waals surface area contributed by atoms with Crippen LogP contribution in [0.15, 0.2) is 29.3 Å². The molecule has 0 saturated heterocycles. The van der Waals surface area contributed by atoms with Gasteiger partial charge in [0, 0.05) is 17.3 Å². The van der Waals surface area contributed by atoms with Gasteiger partial charge in [-0.15, -0.1) is 0 Å². The first-order valence-corrected chi connectivity index (χ1v) is 5.36. The van der Waals surface area contributed by atoms with E-state index in [0.717, 1.165) is 0 Å². The third kappa shape index (κ3) is 2.83. The van der Waals surface area contributed by atoms with Crippen molar-refractivity contribution in [2.45, 2.75) is 38.8 Å². The number of aromatic hydroxyl groups is 1. The van der Waals surface area contributed by atoms with Crippen LogP contribution in [0.5, 0.6) is 5.75 Å². The van der Waals surface area contributed by atoms with Crippen molar-refractivity contribution in [2.75, 3.05) is 0 Å². The summed E-state index contributed by atoms with van der Waals surface area (Å²) >= 11 is 0. The number of nitrogens with two attached hydrogens (primary N) is 1. The second kappa shape index (κ2) is 4.26. The lowest BCUT2D eigenvalue weighted by atomic mass is 9.84. The molecule has 0 bridgehead atoms. The summed E-state index contributed by atoms with van der Waals surface area (Å²) in [5.41, 5.74) is 5.96. The lowest BCUT2D eigenvalue weighted by Crippen LogP contribution is -2.51. The molecule has 0 heterocycles. The van der Waals surface area contributed by atoms with E-state index >= 15 is 0 Å². The minimum absolute atomic E-state index is 0.233. The van der Waals surface area contributed by atoms with Gasteiger partial charge in [0.05, 0.1) is 5.54 Å². The van der Waals surface area contributed by atoms with Gasteiger partial charge in [-0.25, -0.2) is 0 Å². The summed E-state index contributed by atoms with van der Waals surface area (Å²) in [5.74, 6) is 0.233. The van der Waals surface area contributed by atoms with Crippen LogP contribution in [0, 0.1) is 0 Å². The molecule has 3 N–H and O–H groups in total. The summed E-state index contributed by atoms with van der Waals surface area (Å²) < 4.78 is 0. The maximum atomic E-state index is 9.59. The highest BCUT2D eigenvalue weighted by atomic mass is 16.3. The van der Waals surface area contributed by atoms with E-state index in [4.69, 9.17) is 5.73 Å². The lowest BCUT2D eigenvalue weighted by Gasteiger charge is -2.34. The topological polar surface area (TPSA) is 58.6 Å². The molecular weight excluding hydrogens is 200 g/mol. The van der Waals surface area contributed by atoms with E-state index in [9.17, 15) is 5.11 Å². The Morgan fingerprint density at radius 2 is 1.75 bits per heavy atom. The summed E-state index contributed by atoms with van der Waals surface area (Å²) in [7, 11) is 0. The highest BCUT2D eigenvalue weighted by Crippen LogP contribution is 2.23. The number of phenolic OH excluding ortho intramolecular Hbond substituents is 1. The number of hydrogen-bond donors (Lipinski definition) is 2. The highest BCUT2D eigenvalue weighted by Gasteiger charge is 2.32. The summed E-state index contributed by atoms with van der Waals surface area (Å²) in [6.45, 7) is 7.83. The van der Waals surface area contributed by atoms with Crippen molar-refractivity contribution in [2.24, 2.45) is 10.7 Å². The van der Waals surface area contributed by atoms with Gasteiger partial charge in [0.15, 0.2) is 0 Å². The molecule has 1 rings (SSSR count). The minimum atomic E-state index is -0.409. The van der Waals surface area contributed by atoms with E-state index in [1.165, 1.54) is 0 Å². The molecule has 0 radical (unpaired) electrons. The maximum absolute atomic E-state index is 9.59. The SMILES string of the molecule is CC(C)(N)C(C)(C)N=Cc1ccccc1O. The number of para-hydroxylation sites is 1. The van der Waals surface area contributed by atoms with Crippen molar-refractivity contribution in [3.05, 3.63) is 29.8 Å². The van der Waals surface area contributed by atoms with Gasteiger partial charge < -0.3 is 10.8 Å². The third-order valence-corrected chi connectivity index (χ3v) is 3.04. The third-order valence-electron chi connectivity index (χ3n) is 3.04. The molecule has 0 unspecified atom stereocenters. The fourth-order valence-corrected chi connectivity index (χ4v) is 0.994. The quantitative estimate of drug-likeness (QED) is 0.768. The van der Waals surface area contributed by atoms with E-state index < -0.39 is 5.54 Å². The molecule has 16 heavy (non-hydrogen) atoms. The smallest absolute Gasteiger partial charge is 0.124 e. The minimum Gasteiger partial charge on any atom is -0.507 e. The van der Waals surface area contributed by atoms with E-state index in [-0.39, 0.29) is 11.3 Å². The zero-order chi connectivity index (χ0) is 12.4. The Hall–Kier alpha value is -1.35. The predicted octanol–water partition coefficient (Wildman–Crippen LogP) is 2.33. The molecule has 88 valence electrons. The Balaban J connectivity index is 2.94. The summed E-state index contributed by atoms with van der Waals surface area (Å²) in [4.78, 5) is 4.45. The largest absolute Gasteiger partial charge is 0.507 e. The molecule has 3 heteroatoms. The first-order chi connectivity index (χ1) is 7.24. The van der Waals surface area contributed by atoms with Crippen molar-refractivity contribution in [1.29, 1.82) is 0 Å². The van der Waals surface area contributed by atoms with Gasteiger partial charge in [0.25, 0.3) is 0 Å². The second-order valence-corrected chi connectivity index (χ2v) is 5.10. The molecule has 0 aromatic heterocycles. The molecule has 0 fully saturated rings. The average Bonchev–Trinajstić information content (AvgIpc) is 2.15. The second-order valence-electron chi connectivity index (χ2n) is 5.10. The molecule has 0 aliphatic rings. The van der Waals surface area contributed by atoms with Crippen LogP contribution < -0.4 is 5.73 Å². The van der Waals surface area contributed by atoms with Crippen molar-refractivity contribution in [1.82, 2.24) is 0 Å². The van der Waals surface area contributed by atoms with E-state index in [1.54, 1.807) is 18.3 Å². The summed E-state index contributed by atoms with van der Waals surface area (Å²) in [6.07, 6.45) is 1.67. The van der Waals surface area contributed by atoms with Gasteiger partial charge in [-0.1, -0.05) is 12.1 Å². The van der Waals surface area contributed by atoms with Crippen LogP contribution in [0.4, 0.5) is 0 Å². The molecule has 0 spiro atoms. The van der Waals surface area contributed by atoms with Gasteiger partial charge in [-0.3, -0.25) is 4.99 Å². The number of phenols is 1. The van der Waals surface area contributed by atoms with Crippen LogP contribution in [0.1, 0.15) is 33.3 Å². The molecule has 0 atom stereocenters. The van der Waals surface area contributed by atoms with Crippen molar-refractivity contribution in [3.8, 4) is 5.75 Å².